The van der Waals surface area contributed by atoms with Gasteiger partial charge in [-0.2, -0.15) is 13.2 Å². The van der Waals surface area contributed by atoms with E-state index in [0.717, 1.165) is 10.9 Å². The van der Waals surface area contributed by atoms with Gasteiger partial charge in [0.15, 0.2) is 0 Å². The van der Waals surface area contributed by atoms with Crippen molar-refractivity contribution >= 4 is 5.97 Å². The minimum absolute atomic E-state index is 0.00862. The molecule has 9 heteroatoms. The Morgan fingerprint density at radius 1 is 1.35 bits per heavy atom. The highest BCUT2D eigenvalue weighted by atomic mass is 19.4. The number of carboxylic acids is 1. The molecule has 0 radical (unpaired) electrons. The molecule has 0 atom stereocenters. The Balaban J connectivity index is 2.41. The first-order valence-electron chi connectivity index (χ1n) is 5.27. The Hall–Kier alpha value is -2.45. The van der Waals surface area contributed by atoms with Crippen LogP contribution in [0.2, 0.25) is 0 Å². The molecular weight excluding hydrogens is 282 g/mol. The van der Waals surface area contributed by atoms with Crippen molar-refractivity contribution in [1.29, 1.82) is 0 Å². The average Bonchev–Trinajstić information content (AvgIpc) is 2.75. The van der Waals surface area contributed by atoms with Crippen LogP contribution >= 0.6 is 0 Å². The maximum atomic E-state index is 13.5. The molecular formula is C11H7F4N3O2. The maximum absolute atomic E-state index is 13.5. The lowest BCUT2D eigenvalue weighted by molar-refractivity contribution is -0.138. The predicted molar refractivity (Wildman–Crippen MR) is 57.7 cm³/mol. The number of nitrogens with zero attached hydrogens (tertiary/aromatic N) is 3. The van der Waals surface area contributed by atoms with E-state index in [2.05, 4.69) is 10.3 Å². The van der Waals surface area contributed by atoms with Gasteiger partial charge in [-0.05, 0) is 18.2 Å². The molecule has 0 saturated heterocycles. The summed E-state index contributed by atoms with van der Waals surface area (Å²) in [5.41, 5.74) is -1.48. The van der Waals surface area contributed by atoms with Crippen LogP contribution in [-0.2, 0) is 17.4 Å². The number of halogens is 4. The molecule has 0 bridgehead atoms. The van der Waals surface area contributed by atoms with Crippen molar-refractivity contribution in [2.75, 3.05) is 0 Å². The second-order valence-electron chi connectivity index (χ2n) is 3.89. The topological polar surface area (TPSA) is 68.0 Å². The summed E-state index contributed by atoms with van der Waals surface area (Å²) in [6, 6.07) is 1.85. The molecule has 0 aliphatic rings. The molecule has 1 aromatic heterocycles. The van der Waals surface area contributed by atoms with Gasteiger partial charge in [-0.3, -0.25) is 4.79 Å². The van der Waals surface area contributed by atoms with Gasteiger partial charge in [0, 0.05) is 0 Å². The molecule has 106 valence electrons. The zero-order valence-electron chi connectivity index (χ0n) is 9.73. The van der Waals surface area contributed by atoms with Crippen LogP contribution in [0.5, 0.6) is 0 Å². The van der Waals surface area contributed by atoms with E-state index < -0.39 is 35.6 Å². The summed E-state index contributed by atoms with van der Waals surface area (Å²) >= 11 is 0. The monoisotopic (exact) mass is 289 g/mol. The van der Waals surface area contributed by atoms with Crippen LogP contribution < -0.4 is 0 Å². The van der Waals surface area contributed by atoms with Gasteiger partial charge >= 0.3 is 12.1 Å². The third-order valence-electron chi connectivity index (χ3n) is 2.39. The molecule has 0 aliphatic carbocycles. The number of rotatable bonds is 3. The van der Waals surface area contributed by atoms with E-state index in [1.165, 1.54) is 0 Å². The van der Waals surface area contributed by atoms with E-state index >= 15 is 0 Å². The molecule has 0 saturated carbocycles. The van der Waals surface area contributed by atoms with E-state index in [0.29, 0.717) is 18.2 Å². The number of benzene rings is 1. The molecule has 0 unspecified atom stereocenters. The summed E-state index contributed by atoms with van der Waals surface area (Å²) in [5.74, 6) is -2.11. The van der Waals surface area contributed by atoms with Crippen LogP contribution in [0.1, 0.15) is 11.3 Å². The predicted octanol–water partition coefficient (Wildman–Crippen LogP) is 2.05. The summed E-state index contributed by atoms with van der Waals surface area (Å²) in [4.78, 5) is 10.5. The molecule has 20 heavy (non-hydrogen) atoms. The SMILES string of the molecule is O=C(O)Cc1cn(-c2cc(C(F)(F)F)ccc2F)nn1. The lowest BCUT2D eigenvalue weighted by atomic mass is 10.2. The molecule has 1 aromatic carbocycles. The smallest absolute Gasteiger partial charge is 0.416 e. The molecule has 0 amide bonds. The fraction of sp³-hybridized carbons (Fsp3) is 0.182. The van der Waals surface area contributed by atoms with Crippen molar-refractivity contribution in [3.8, 4) is 5.69 Å². The minimum Gasteiger partial charge on any atom is -0.481 e. The number of hydrogen-bond acceptors (Lipinski definition) is 3. The highest BCUT2D eigenvalue weighted by Crippen LogP contribution is 2.31. The number of carboxylic acid groups (broad SMARTS) is 1. The highest BCUT2D eigenvalue weighted by Gasteiger charge is 2.31. The number of hydrogen-bond donors (Lipinski definition) is 1. The second-order valence-corrected chi connectivity index (χ2v) is 3.89. The highest BCUT2D eigenvalue weighted by molar-refractivity contribution is 5.69. The number of alkyl halides is 3. The molecule has 2 rings (SSSR count). The first-order valence-corrected chi connectivity index (χ1v) is 5.27. The minimum atomic E-state index is -4.62. The quantitative estimate of drug-likeness (QED) is 0.878. The second kappa shape index (κ2) is 4.91. The van der Waals surface area contributed by atoms with Crippen molar-refractivity contribution < 1.29 is 27.5 Å². The average molecular weight is 289 g/mol. The van der Waals surface area contributed by atoms with E-state index in [1.54, 1.807) is 0 Å². The van der Waals surface area contributed by atoms with Crippen molar-refractivity contribution in [2.24, 2.45) is 0 Å². The van der Waals surface area contributed by atoms with E-state index in [1.807, 2.05) is 0 Å². The molecule has 0 aliphatic heterocycles. The molecule has 0 fully saturated rings. The molecule has 1 N–H and O–H groups in total. The summed E-state index contributed by atoms with van der Waals surface area (Å²) in [6.45, 7) is 0. The number of aromatic nitrogens is 3. The van der Waals surface area contributed by atoms with Crippen molar-refractivity contribution in [2.45, 2.75) is 12.6 Å². The fourth-order valence-corrected chi connectivity index (χ4v) is 1.52. The van der Waals surface area contributed by atoms with Gasteiger partial charge in [-0.25, -0.2) is 9.07 Å². The normalized spacial score (nSPS) is 11.6. The van der Waals surface area contributed by atoms with Crippen LogP contribution in [0.3, 0.4) is 0 Å². The van der Waals surface area contributed by atoms with Gasteiger partial charge in [0.1, 0.15) is 11.5 Å². The summed E-state index contributed by atoms with van der Waals surface area (Å²) in [7, 11) is 0. The van der Waals surface area contributed by atoms with Gasteiger partial charge in [0.2, 0.25) is 0 Å². The third-order valence-corrected chi connectivity index (χ3v) is 2.39. The van der Waals surface area contributed by atoms with Crippen LogP contribution in [0, 0.1) is 5.82 Å². The Bertz CT molecular complexity index is 651. The van der Waals surface area contributed by atoms with Crippen molar-refractivity contribution in [3.63, 3.8) is 0 Å². The van der Waals surface area contributed by atoms with Crippen LogP contribution in [-0.4, -0.2) is 26.1 Å². The Morgan fingerprint density at radius 3 is 2.65 bits per heavy atom. The van der Waals surface area contributed by atoms with Crippen LogP contribution in [0.15, 0.2) is 24.4 Å². The third kappa shape index (κ3) is 2.92. The lowest BCUT2D eigenvalue weighted by Gasteiger charge is -2.09. The van der Waals surface area contributed by atoms with Gasteiger partial charge in [0.25, 0.3) is 0 Å². The summed E-state index contributed by atoms with van der Waals surface area (Å²) in [5, 5.41) is 15.4. The van der Waals surface area contributed by atoms with E-state index in [4.69, 9.17) is 5.11 Å². The maximum Gasteiger partial charge on any atom is 0.416 e. The van der Waals surface area contributed by atoms with Crippen molar-refractivity contribution in [1.82, 2.24) is 15.0 Å². The Labute approximate surface area is 109 Å². The largest absolute Gasteiger partial charge is 0.481 e. The standard InChI is InChI=1S/C11H7F4N3O2/c12-8-2-1-6(11(13,14)15)3-9(8)18-5-7(16-17-18)4-10(19)20/h1-3,5H,4H2,(H,19,20). The molecule has 2 aromatic rings. The summed E-state index contributed by atoms with van der Waals surface area (Å²) < 4.78 is 52.0. The van der Waals surface area contributed by atoms with Crippen molar-refractivity contribution in [3.05, 3.63) is 41.5 Å². The number of aliphatic carboxylic acids is 1. The van der Waals surface area contributed by atoms with Gasteiger partial charge in [0.05, 0.1) is 23.9 Å². The first kappa shape index (κ1) is 14.0. The Morgan fingerprint density at radius 2 is 2.05 bits per heavy atom. The van der Waals surface area contributed by atoms with Gasteiger partial charge in [-0.1, -0.05) is 5.21 Å². The first-order chi connectivity index (χ1) is 9.27. The lowest BCUT2D eigenvalue weighted by Crippen LogP contribution is -2.08. The Kier molecular flexibility index (Phi) is 3.43. The van der Waals surface area contributed by atoms with Gasteiger partial charge in [-0.15, -0.1) is 5.10 Å². The molecule has 5 nitrogen and oxygen atoms in total. The molecule has 0 spiro atoms. The number of carbonyl (C=O) groups is 1. The molecule has 1 heterocycles. The fourth-order valence-electron chi connectivity index (χ4n) is 1.52. The van der Waals surface area contributed by atoms with Crippen LogP contribution in [0.4, 0.5) is 17.6 Å². The zero-order chi connectivity index (χ0) is 14.9. The van der Waals surface area contributed by atoms with E-state index in [-0.39, 0.29) is 5.69 Å². The van der Waals surface area contributed by atoms with E-state index in [9.17, 15) is 22.4 Å². The van der Waals surface area contributed by atoms with Gasteiger partial charge < -0.3 is 5.11 Å². The zero-order valence-corrected chi connectivity index (χ0v) is 9.73. The summed E-state index contributed by atoms with van der Waals surface area (Å²) in [6.07, 6.45) is -4.01. The van der Waals surface area contributed by atoms with Crippen LogP contribution in [0.25, 0.3) is 5.69 Å².